The van der Waals surface area contributed by atoms with Crippen molar-refractivity contribution in [1.82, 2.24) is 14.7 Å². The molecule has 0 spiro atoms. The molecule has 1 aliphatic heterocycles. The van der Waals surface area contributed by atoms with E-state index in [0.717, 1.165) is 25.2 Å². The van der Waals surface area contributed by atoms with Crippen LogP contribution in [0.3, 0.4) is 0 Å². The second kappa shape index (κ2) is 8.42. The van der Waals surface area contributed by atoms with Crippen molar-refractivity contribution in [3.63, 3.8) is 0 Å². The van der Waals surface area contributed by atoms with Crippen molar-refractivity contribution in [1.29, 1.82) is 0 Å². The summed E-state index contributed by atoms with van der Waals surface area (Å²) in [4.78, 5) is 10.6. The van der Waals surface area contributed by atoms with E-state index in [9.17, 15) is 13.5 Å². The van der Waals surface area contributed by atoms with E-state index in [2.05, 4.69) is 24.9 Å². The smallest absolute Gasteiger partial charge is 0.211 e. The van der Waals surface area contributed by atoms with Crippen LogP contribution in [0.15, 0.2) is 12.4 Å². The maximum Gasteiger partial charge on any atom is 0.211 e. The summed E-state index contributed by atoms with van der Waals surface area (Å²) in [6, 6.07) is 1.99. The van der Waals surface area contributed by atoms with Gasteiger partial charge < -0.3 is 15.3 Å². The quantitative estimate of drug-likeness (QED) is 0.549. The maximum absolute atomic E-state index is 11.3. The molecule has 0 saturated carbocycles. The molecule has 1 atom stereocenters. The van der Waals surface area contributed by atoms with E-state index in [1.54, 1.807) is 6.92 Å². The first-order valence-electron chi connectivity index (χ1n) is 7.96. The minimum atomic E-state index is -3.13. The third-order valence-electron chi connectivity index (χ3n) is 3.90. The van der Waals surface area contributed by atoms with Gasteiger partial charge in [-0.1, -0.05) is 0 Å². The summed E-state index contributed by atoms with van der Waals surface area (Å²) in [5, 5.41) is 12.6. The van der Waals surface area contributed by atoms with E-state index >= 15 is 0 Å². The predicted octanol–water partition coefficient (Wildman–Crippen LogP) is 0.179. The molecule has 1 saturated heterocycles. The van der Waals surface area contributed by atoms with Gasteiger partial charge in [0.15, 0.2) is 0 Å². The van der Waals surface area contributed by atoms with Crippen LogP contribution in [-0.2, 0) is 10.0 Å². The molecule has 0 unspecified atom stereocenters. The minimum absolute atomic E-state index is 0.0948. The zero-order chi connectivity index (χ0) is 16.7. The lowest BCUT2D eigenvalue weighted by molar-refractivity contribution is 0.266. The van der Waals surface area contributed by atoms with Crippen LogP contribution in [0.5, 0.6) is 0 Å². The number of anilines is 2. The highest BCUT2D eigenvalue weighted by molar-refractivity contribution is 7.89. The standard InChI is InChI=1S/C14H25N5O3S/c1-2-23(21,22)18-7-4-6-15-13-9-14(17-11-16-13)19-8-3-5-12(19)10-20/h9,11-12,18,20H,2-8,10H2,1H3,(H,15,16,17)/t12-/m1/s1. The van der Waals surface area contributed by atoms with Crippen molar-refractivity contribution in [2.24, 2.45) is 0 Å². The van der Waals surface area contributed by atoms with Crippen LogP contribution in [0.4, 0.5) is 11.6 Å². The number of aliphatic hydroxyl groups excluding tert-OH is 1. The molecule has 2 heterocycles. The topological polar surface area (TPSA) is 107 Å². The summed E-state index contributed by atoms with van der Waals surface area (Å²) in [6.45, 7) is 3.65. The summed E-state index contributed by atoms with van der Waals surface area (Å²) in [6.07, 6.45) is 4.20. The first-order chi connectivity index (χ1) is 11.1. The highest BCUT2D eigenvalue weighted by atomic mass is 32.2. The number of aliphatic hydroxyl groups is 1. The molecule has 0 radical (unpaired) electrons. The van der Waals surface area contributed by atoms with Crippen molar-refractivity contribution >= 4 is 21.7 Å². The third kappa shape index (κ3) is 5.29. The molecule has 8 nitrogen and oxygen atoms in total. The Hall–Kier alpha value is -1.45. The van der Waals surface area contributed by atoms with E-state index in [4.69, 9.17) is 0 Å². The molecule has 1 aromatic rings. The van der Waals surface area contributed by atoms with Gasteiger partial charge in [0.1, 0.15) is 18.0 Å². The first-order valence-corrected chi connectivity index (χ1v) is 9.61. The molecule has 130 valence electrons. The summed E-state index contributed by atoms with van der Waals surface area (Å²) >= 11 is 0. The fourth-order valence-corrected chi connectivity index (χ4v) is 3.22. The first kappa shape index (κ1) is 17.9. The van der Waals surface area contributed by atoms with Crippen LogP contribution in [0.25, 0.3) is 0 Å². The summed E-state index contributed by atoms with van der Waals surface area (Å²) in [5.74, 6) is 1.61. The lowest BCUT2D eigenvalue weighted by Crippen LogP contribution is -2.32. The van der Waals surface area contributed by atoms with Gasteiger partial charge in [-0.3, -0.25) is 0 Å². The number of nitrogens with zero attached hydrogens (tertiary/aromatic N) is 3. The lowest BCUT2D eigenvalue weighted by atomic mass is 10.2. The molecular formula is C14H25N5O3S. The van der Waals surface area contributed by atoms with Crippen molar-refractivity contribution < 1.29 is 13.5 Å². The average Bonchev–Trinajstić information content (AvgIpc) is 3.03. The molecular weight excluding hydrogens is 318 g/mol. The summed E-state index contributed by atoms with van der Waals surface area (Å²) in [5.41, 5.74) is 0. The second-order valence-corrected chi connectivity index (χ2v) is 7.61. The molecule has 1 fully saturated rings. The van der Waals surface area contributed by atoms with E-state index in [1.807, 2.05) is 6.07 Å². The highest BCUT2D eigenvalue weighted by Crippen LogP contribution is 2.24. The Morgan fingerprint density at radius 1 is 1.39 bits per heavy atom. The van der Waals surface area contributed by atoms with E-state index < -0.39 is 10.0 Å². The van der Waals surface area contributed by atoms with Crippen LogP contribution in [-0.4, -0.2) is 61.5 Å². The number of hydrogen-bond donors (Lipinski definition) is 3. The summed E-state index contributed by atoms with van der Waals surface area (Å²) in [7, 11) is -3.13. The van der Waals surface area contributed by atoms with Crippen molar-refractivity contribution in [3.8, 4) is 0 Å². The highest BCUT2D eigenvalue weighted by Gasteiger charge is 2.25. The average molecular weight is 343 g/mol. The SMILES string of the molecule is CCS(=O)(=O)NCCCNc1cc(N2CCC[C@@H]2CO)ncn1. The molecule has 9 heteroatoms. The Kier molecular flexibility index (Phi) is 6.55. The Labute approximate surface area is 137 Å². The molecule has 2 rings (SSSR count). The maximum atomic E-state index is 11.3. The van der Waals surface area contributed by atoms with Crippen molar-refractivity contribution in [3.05, 3.63) is 12.4 Å². The van der Waals surface area contributed by atoms with Gasteiger partial charge >= 0.3 is 0 Å². The van der Waals surface area contributed by atoms with E-state index in [1.165, 1.54) is 6.33 Å². The number of hydrogen-bond acceptors (Lipinski definition) is 7. The Bertz CT molecular complexity index is 596. The lowest BCUT2D eigenvalue weighted by Gasteiger charge is -2.24. The van der Waals surface area contributed by atoms with Gasteiger partial charge in [-0.05, 0) is 26.2 Å². The van der Waals surface area contributed by atoms with Gasteiger partial charge in [0, 0.05) is 25.7 Å². The largest absolute Gasteiger partial charge is 0.394 e. The monoisotopic (exact) mass is 343 g/mol. The fraction of sp³-hybridized carbons (Fsp3) is 0.714. The molecule has 3 N–H and O–H groups in total. The Balaban J connectivity index is 1.81. The van der Waals surface area contributed by atoms with Gasteiger partial charge in [-0.2, -0.15) is 0 Å². The van der Waals surface area contributed by atoms with Gasteiger partial charge in [0.05, 0.1) is 18.4 Å². The molecule has 0 aliphatic carbocycles. The predicted molar refractivity (Wildman–Crippen MR) is 90.1 cm³/mol. The Morgan fingerprint density at radius 2 is 2.22 bits per heavy atom. The second-order valence-electron chi connectivity index (χ2n) is 5.51. The normalized spacial score (nSPS) is 18.3. The van der Waals surface area contributed by atoms with Crippen molar-refractivity contribution in [2.45, 2.75) is 32.2 Å². The van der Waals surface area contributed by atoms with Gasteiger partial charge in [-0.15, -0.1) is 0 Å². The fourth-order valence-electron chi connectivity index (χ4n) is 2.56. The van der Waals surface area contributed by atoms with Crippen LogP contribution in [0.2, 0.25) is 0 Å². The Morgan fingerprint density at radius 3 is 2.96 bits per heavy atom. The number of aromatic nitrogens is 2. The number of rotatable bonds is 9. The number of nitrogens with one attached hydrogen (secondary N) is 2. The molecule has 23 heavy (non-hydrogen) atoms. The molecule has 0 amide bonds. The van der Waals surface area contributed by atoms with Crippen LogP contribution in [0, 0.1) is 0 Å². The molecule has 0 bridgehead atoms. The zero-order valence-corrected chi connectivity index (χ0v) is 14.2. The van der Waals surface area contributed by atoms with E-state index in [-0.39, 0.29) is 18.4 Å². The minimum Gasteiger partial charge on any atom is -0.394 e. The molecule has 1 aliphatic rings. The molecule has 0 aromatic carbocycles. The van der Waals surface area contributed by atoms with Crippen LogP contribution in [0.1, 0.15) is 26.2 Å². The van der Waals surface area contributed by atoms with E-state index in [0.29, 0.717) is 25.3 Å². The number of sulfonamides is 1. The van der Waals surface area contributed by atoms with Crippen LogP contribution < -0.4 is 14.9 Å². The van der Waals surface area contributed by atoms with Gasteiger partial charge in [0.25, 0.3) is 0 Å². The zero-order valence-electron chi connectivity index (χ0n) is 13.4. The van der Waals surface area contributed by atoms with Crippen molar-refractivity contribution in [2.75, 3.05) is 42.2 Å². The van der Waals surface area contributed by atoms with Crippen LogP contribution >= 0.6 is 0 Å². The van der Waals surface area contributed by atoms with Gasteiger partial charge in [0.2, 0.25) is 10.0 Å². The third-order valence-corrected chi connectivity index (χ3v) is 5.30. The summed E-state index contributed by atoms with van der Waals surface area (Å²) < 4.78 is 25.1. The van der Waals surface area contributed by atoms with Gasteiger partial charge in [-0.25, -0.2) is 23.1 Å². The molecule has 1 aromatic heterocycles.